The standard InChI is InChI=1S/C8H8BF3O2/c1-5-4-6(8(10,11)12)2-3-7(5)14-9-13/h2-4,9,13H,1H3. The van der Waals surface area contributed by atoms with Gasteiger partial charge < -0.3 is 9.68 Å². The lowest BCUT2D eigenvalue weighted by Crippen LogP contribution is -2.07. The van der Waals surface area contributed by atoms with Crippen molar-refractivity contribution < 1.29 is 22.8 Å². The van der Waals surface area contributed by atoms with Crippen LogP contribution in [-0.2, 0) is 6.18 Å². The van der Waals surface area contributed by atoms with Crippen molar-refractivity contribution in [3.8, 4) is 5.75 Å². The lowest BCUT2D eigenvalue weighted by atomic mass is 10.1. The van der Waals surface area contributed by atoms with Gasteiger partial charge in [-0.1, -0.05) is 0 Å². The predicted octanol–water partition coefficient (Wildman–Crippen LogP) is 1.65. The quantitative estimate of drug-likeness (QED) is 0.742. The Morgan fingerprint density at radius 1 is 1.36 bits per heavy atom. The normalized spacial score (nSPS) is 11.2. The van der Waals surface area contributed by atoms with Crippen LogP contribution in [0.4, 0.5) is 13.2 Å². The zero-order valence-corrected chi connectivity index (χ0v) is 7.43. The molecule has 1 rings (SSSR count). The molecule has 0 aliphatic rings. The summed E-state index contributed by atoms with van der Waals surface area (Å²) in [5, 5.41) is 8.43. The van der Waals surface area contributed by atoms with Crippen LogP contribution in [0.1, 0.15) is 11.1 Å². The van der Waals surface area contributed by atoms with E-state index in [-0.39, 0.29) is 5.75 Å². The summed E-state index contributed by atoms with van der Waals surface area (Å²) < 4.78 is 41.3. The van der Waals surface area contributed by atoms with Crippen molar-refractivity contribution in [3.05, 3.63) is 29.3 Å². The third-order valence-corrected chi connectivity index (χ3v) is 1.72. The predicted molar refractivity (Wildman–Crippen MR) is 46.2 cm³/mol. The summed E-state index contributed by atoms with van der Waals surface area (Å²) in [6, 6.07) is 3.08. The van der Waals surface area contributed by atoms with Crippen molar-refractivity contribution in [2.45, 2.75) is 13.1 Å². The third kappa shape index (κ3) is 2.41. The molecule has 0 aliphatic carbocycles. The highest BCUT2D eigenvalue weighted by Crippen LogP contribution is 2.32. The molecule has 0 saturated carbocycles. The largest absolute Gasteiger partial charge is 0.539 e. The number of hydrogen-bond donors (Lipinski definition) is 1. The van der Waals surface area contributed by atoms with E-state index in [0.717, 1.165) is 12.1 Å². The van der Waals surface area contributed by atoms with Crippen LogP contribution in [-0.4, -0.2) is 12.7 Å². The minimum absolute atomic E-state index is 0.250. The van der Waals surface area contributed by atoms with Crippen molar-refractivity contribution in [2.75, 3.05) is 0 Å². The van der Waals surface area contributed by atoms with E-state index in [4.69, 9.17) is 9.68 Å². The van der Waals surface area contributed by atoms with Crippen molar-refractivity contribution in [3.63, 3.8) is 0 Å². The summed E-state index contributed by atoms with van der Waals surface area (Å²) in [7, 11) is -0.549. The molecule has 14 heavy (non-hydrogen) atoms. The second-order valence-corrected chi connectivity index (χ2v) is 2.75. The molecule has 0 bridgehead atoms. The van der Waals surface area contributed by atoms with Crippen LogP contribution in [0.2, 0.25) is 0 Å². The van der Waals surface area contributed by atoms with Gasteiger partial charge in [-0.3, -0.25) is 0 Å². The van der Waals surface area contributed by atoms with E-state index in [2.05, 4.69) is 0 Å². The number of hydrogen-bond acceptors (Lipinski definition) is 2. The lowest BCUT2D eigenvalue weighted by Gasteiger charge is -2.10. The fourth-order valence-corrected chi connectivity index (χ4v) is 1.06. The fourth-order valence-electron chi connectivity index (χ4n) is 1.06. The Labute approximate surface area is 79.6 Å². The first-order valence-corrected chi connectivity index (χ1v) is 3.86. The van der Waals surface area contributed by atoms with E-state index in [0.29, 0.717) is 5.56 Å². The van der Waals surface area contributed by atoms with Gasteiger partial charge in [0.2, 0.25) is 0 Å². The van der Waals surface area contributed by atoms with Crippen molar-refractivity contribution in [1.82, 2.24) is 0 Å². The molecule has 0 atom stereocenters. The van der Waals surface area contributed by atoms with Crippen molar-refractivity contribution in [2.24, 2.45) is 0 Å². The zero-order chi connectivity index (χ0) is 10.8. The minimum atomic E-state index is -4.34. The van der Waals surface area contributed by atoms with Gasteiger partial charge in [0.15, 0.2) is 0 Å². The molecule has 0 heterocycles. The Hall–Kier alpha value is -1.17. The van der Waals surface area contributed by atoms with Gasteiger partial charge in [0.05, 0.1) is 5.56 Å². The Morgan fingerprint density at radius 2 is 2.00 bits per heavy atom. The van der Waals surface area contributed by atoms with Crippen LogP contribution in [0.3, 0.4) is 0 Å². The fraction of sp³-hybridized carbons (Fsp3) is 0.250. The monoisotopic (exact) mass is 204 g/mol. The van der Waals surface area contributed by atoms with Gasteiger partial charge in [0.1, 0.15) is 5.75 Å². The maximum absolute atomic E-state index is 12.2. The van der Waals surface area contributed by atoms with E-state index < -0.39 is 19.4 Å². The smallest absolute Gasteiger partial charge is 0.504 e. The van der Waals surface area contributed by atoms with Crippen LogP contribution < -0.4 is 4.65 Å². The Bertz CT molecular complexity index is 325. The van der Waals surface area contributed by atoms with Gasteiger partial charge in [-0.05, 0) is 30.7 Å². The van der Waals surface area contributed by atoms with Crippen molar-refractivity contribution >= 4 is 7.69 Å². The molecule has 1 N–H and O–H groups in total. The summed E-state index contributed by atoms with van der Waals surface area (Å²) in [6.45, 7) is 1.49. The number of aryl methyl sites for hydroxylation is 1. The molecule has 0 unspecified atom stereocenters. The van der Waals surface area contributed by atoms with Crippen LogP contribution in [0, 0.1) is 6.92 Å². The molecular weight excluding hydrogens is 196 g/mol. The second kappa shape index (κ2) is 3.92. The van der Waals surface area contributed by atoms with Gasteiger partial charge in [0, 0.05) is 0 Å². The van der Waals surface area contributed by atoms with Crippen LogP contribution in [0.25, 0.3) is 0 Å². The van der Waals surface area contributed by atoms with Gasteiger partial charge in [-0.2, -0.15) is 13.2 Å². The summed E-state index contributed by atoms with van der Waals surface area (Å²) in [5.41, 5.74) is -0.380. The molecule has 0 fully saturated rings. The maximum atomic E-state index is 12.2. The minimum Gasteiger partial charge on any atom is -0.539 e. The number of alkyl halides is 3. The van der Waals surface area contributed by atoms with Crippen LogP contribution >= 0.6 is 0 Å². The average molecular weight is 204 g/mol. The van der Waals surface area contributed by atoms with Gasteiger partial charge in [0.25, 0.3) is 0 Å². The molecule has 1 aromatic rings. The van der Waals surface area contributed by atoms with Crippen LogP contribution in [0.5, 0.6) is 5.75 Å². The second-order valence-electron chi connectivity index (χ2n) is 2.75. The SMILES string of the molecule is Cc1cc(C(F)(F)F)ccc1OBO. The van der Waals surface area contributed by atoms with E-state index >= 15 is 0 Å². The lowest BCUT2D eigenvalue weighted by molar-refractivity contribution is -0.137. The highest BCUT2D eigenvalue weighted by atomic mass is 19.4. The molecule has 0 radical (unpaired) electrons. The molecule has 2 nitrogen and oxygen atoms in total. The number of benzene rings is 1. The van der Waals surface area contributed by atoms with Gasteiger partial charge >= 0.3 is 13.9 Å². The summed E-state index contributed by atoms with van der Waals surface area (Å²) in [5.74, 6) is 0.250. The Balaban J connectivity index is 3.01. The molecule has 0 aromatic heterocycles. The molecule has 0 saturated heterocycles. The van der Waals surface area contributed by atoms with E-state index in [1.807, 2.05) is 0 Å². The van der Waals surface area contributed by atoms with Gasteiger partial charge in [-0.25, -0.2) is 0 Å². The van der Waals surface area contributed by atoms with Crippen molar-refractivity contribution in [1.29, 1.82) is 0 Å². The third-order valence-electron chi connectivity index (χ3n) is 1.72. The average Bonchev–Trinajstić information content (AvgIpc) is 2.07. The topological polar surface area (TPSA) is 29.5 Å². The van der Waals surface area contributed by atoms with E-state index in [9.17, 15) is 13.2 Å². The first kappa shape index (κ1) is 10.9. The molecule has 76 valence electrons. The highest BCUT2D eigenvalue weighted by molar-refractivity contribution is 6.17. The molecule has 0 aliphatic heterocycles. The summed E-state index contributed by atoms with van der Waals surface area (Å²) in [4.78, 5) is 0. The summed E-state index contributed by atoms with van der Waals surface area (Å²) in [6.07, 6.45) is -4.34. The van der Waals surface area contributed by atoms with E-state index in [1.165, 1.54) is 13.0 Å². The highest BCUT2D eigenvalue weighted by Gasteiger charge is 2.30. The molecule has 6 heteroatoms. The zero-order valence-electron chi connectivity index (χ0n) is 7.43. The Kier molecular flexibility index (Phi) is 3.05. The van der Waals surface area contributed by atoms with E-state index in [1.54, 1.807) is 0 Å². The molecule has 0 spiro atoms. The van der Waals surface area contributed by atoms with Gasteiger partial charge in [-0.15, -0.1) is 0 Å². The number of rotatable bonds is 2. The first-order chi connectivity index (χ1) is 6.45. The molecular formula is C8H8BF3O2. The number of halogens is 3. The maximum Gasteiger partial charge on any atom is 0.504 e. The first-order valence-electron chi connectivity index (χ1n) is 3.86. The summed E-state index contributed by atoms with van der Waals surface area (Å²) >= 11 is 0. The van der Waals surface area contributed by atoms with Crippen LogP contribution in [0.15, 0.2) is 18.2 Å². The Morgan fingerprint density at radius 3 is 2.43 bits per heavy atom. The molecule has 1 aromatic carbocycles. The molecule has 0 amide bonds.